The van der Waals surface area contributed by atoms with Crippen LogP contribution in [0.5, 0.6) is 17.2 Å². The van der Waals surface area contributed by atoms with Gasteiger partial charge in [-0.25, -0.2) is 0 Å². The first-order chi connectivity index (χ1) is 17.6. The lowest BCUT2D eigenvalue weighted by atomic mass is 9.97. The Balaban J connectivity index is 1.75. The number of methoxy groups -OCH3 is 1. The number of rotatable bonds is 8. The van der Waals surface area contributed by atoms with Crippen LogP contribution in [0.3, 0.4) is 0 Å². The summed E-state index contributed by atoms with van der Waals surface area (Å²) in [6.45, 7) is 6.30. The fraction of sp³-hybridized carbons (Fsp3) is 0.172. The van der Waals surface area contributed by atoms with E-state index in [2.05, 4.69) is 6.58 Å². The summed E-state index contributed by atoms with van der Waals surface area (Å²) in [4.78, 5) is 29.1. The number of hydrogen-bond donors (Lipinski definition) is 0. The maximum atomic E-state index is 13.8. The smallest absolute Gasteiger partial charge is 0.295 e. The summed E-state index contributed by atoms with van der Waals surface area (Å²) < 4.78 is 23.0. The summed E-state index contributed by atoms with van der Waals surface area (Å²) in [7, 11) is 1.56. The maximum absolute atomic E-state index is 13.8. The molecule has 0 saturated heterocycles. The Bertz CT molecular complexity index is 1520. The van der Waals surface area contributed by atoms with Crippen LogP contribution in [-0.2, 0) is 0 Å². The summed E-state index contributed by atoms with van der Waals surface area (Å²) in [6.07, 6.45) is 1.65. The maximum Gasteiger partial charge on any atom is 0.295 e. The second-order valence-electron chi connectivity index (χ2n) is 8.19. The molecule has 1 aliphatic heterocycles. The van der Waals surface area contributed by atoms with Gasteiger partial charge in [-0.1, -0.05) is 36.9 Å². The molecule has 4 aromatic rings. The first kappa shape index (κ1) is 23.2. The van der Waals surface area contributed by atoms with Gasteiger partial charge >= 0.3 is 0 Å². The van der Waals surface area contributed by atoms with E-state index in [0.29, 0.717) is 52.7 Å². The number of nitrogens with zero attached hydrogens (tertiary/aromatic N) is 1. The lowest BCUT2D eigenvalue weighted by Gasteiger charge is -2.26. The molecule has 1 amide bonds. The quantitative estimate of drug-likeness (QED) is 0.307. The fourth-order valence-corrected chi connectivity index (χ4v) is 4.49. The molecule has 1 aliphatic rings. The van der Waals surface area contributed by atoms with Gasteiger partial charge in [0.25, 0.3) is 5.91 Å². The van der Waals surface area contributed by atoms with Crippen molar-refractivity contribution in [2.45, 2.75) is 13.0 Å². The van der Waals surface area contributed by atoms with E-state index >= 15 is 0 Å². The van der Waals surface area contributed by atoms with E-state index < -0.39 is 11.9 Å². The van der Waals surface area contributed by atoms with Crippen LogP contribution in [-0.4, -0.2) is 26.2 Å². The highest BCUT2D eigenvalue weighted by atomic mass is 16.5. The minimum Gasteiger partial charge on any atom is -0.497 e. The van der Waals surface area contributed by atoms with Gasteiger partial charge in [0.15, 0.2) is 16.9 Å². The highest BCUT2D eigenvalue weighted by Gasteiger charge is 2.44. The number of para-hydroxylation sites is 1. The highest BCUT2D eigenvalue weighted by Crippen LogP contribution is 2.43. The predicted molar refractivity (Wildman–Crippen MR) is 137 cm³/mol. The van der Waals surface area contributed by atoms with Crippen LogP contribution in [0.1, 0.15) is 34.6 Å². The van der Waals surface area contributed by atoms with Crippen molar-refractivity contribution in [3.8, 4) is 17.2 Å². The zero-order valence-corrected chi connectivity index (χ0v) is 20.0. The molecule has 0 N–H and O–H groups in total. The number of carbonyl (C=O) groups is 1. The van der Waals surface area contributed by atoms with Crippen LogP contribution < -0.4 is 24.5 Å². The lowest BCUT2D eigenvalue weighted by molar-refractivity contribution is 0.0971. The van der Waals surface area contributed by atoms with E-state index in [4.69, 9.17) is 18.6 Å². The van der Waals surface area contributed by atoms with Crippen LogP contribution in [0.25, 0.3) is 11.0 Å². The number of amides is 1. The largest absolute Gasteiger partial charge is 0.497 e. The van der Waals surface area contributed by atoms with Crippen molar-refractivity contribution in [2.75, 3.05) is 25.2 Å². The third-order valence-electron chi connectivity index (χ3n) is 6.05. The first-order valence-corrected chi connectivity index (χ1v) is 11.6. The first-order valence-electron chi connectivity index (χ1n) is 11.6. The summed E-state index contributed by atoms with van der Waals surface area (Å²) >= 11 is 0. The number of hydrogen-bond acceptors (Lipinski definition) is 6. The van der Waals surface area contributed by atoms with Crippen molar-refractivity contribution in [1.82, 2.24) is 0 Å². The Labute approximate surface area is 208 Å². The Hall–Kier alpha value is -4.52. The van der Waals surface area contributed by atoms with Crippen molar-refractivity contribution >= 4 is 22.6 Å². The van der Waals surface area contributed by atoms with E-state index in [1.165, 1.54) is 0 Å². The molecule has 1 unspecified atom stereocenters. The van der Waals surface area contributed by atoms with Gasteiger partial charge in [0.05, 0.1) is 30.7 Å². The van der Waals surface area contributed by atoms with E-state index in [0.717, 1.165) is 0 Å². The molecule has 182 valence electrons. The molecular formula is C29H25NO6. The average Bonchev–Trinajstić information content (AvgIpc) is 3.20. The van der Waals surface area contributed by atoms with Crippen molar-refractivity contribution in [1.29, 1.82) is 0 Å². The van der Waals surface area contributed by atoms with Crippen LogP contribution in [0.15, 0.2) is 88.6 Å². The Kier molecular flexibility index (Phi) is 6.21. The van der Waals surface area contributed by atoms with Gasteiger partial charge in [-0.05, 0) is 48.9 Å². The third kappa shape index (κ3) is 3.88. The molecule has 0 aliphatic carbocycles. The SMILES string of the molecule is C=CCOc1ccc(C2c3c(oc4ccccc4c3=O)C(=O)N2c2cccc(OC)c2)cc1OCC. The second-order valence-corrected chi connectivity index (χ2v) is 8.19. The number of ether oxygens (including phenoxy) is 3. The van der Waals surface area contributed by atoms with Gasteiger partial charge < -0.3 is 18.6 Å². The fourth-order valence-electron chi connectivity index (χ4n) is 4.49. The summed E-state index contributed by atoms with van der Waals surface area (Å²) in [5.41, 5.74) is 1.65. The minimum absolute atomic E-state index is 0.0245. The van der Waals surface area contributed by atoms with E-state index in [-0.39, 0.29) is 16.8 Å². The molecule has 3 aromatic carbocycles. The van der Waals surface area contributed by atoms with Crippen LogP contribution in [0.4, 0.5) is 5.69 Å². The molecule has 0 fully saturated rings. The number of benzene rings is 3. The number of fused-ring (bicyclic) bond motifs is 2. The summed E-state index contributed by atoms with van der Waals surface area (Å²) in [6, 6.07) is 18.7. The average molecular weight is 484 g/mol. The van der Waals surface area contributed by atoms with Crippen molar-refractivity contribution in [3.63, 3.8) is 0 Å². The monoisotopic (exact) mass is 483 g/mol. The van der Waals surface area contributed by atoms with Gasteiger partial charge in [0.1, 0.15) is 17.9 Å². The molecule has 1 atom stereocenters. The lowest BCUT2D eigenvalue weighted by Crippen LogP contribution is -2.29. The Morgan fingerprint density at radius 2 is 1.83 bits per heavy atom. The zero-order valence-electron chi connectivity index (χ0n) is 20.0. The second kappa shape index (κ2) is 9.62. The molecule has 0 radical (unpaired) electrons. The predicted octanol–water partition coefficient (Wildman–Crippen LogP) is 5.51. The standard InChI is InChI=1S/C29H25NO6/c1-4-15-35-23-14-13-18(16-24(23)34-5-2)26-25-27(31)21-11-6-7-12-22(21)36-28(25)29(32)30(26)19-9-8-10-20(17-19)33-3/h4,6-14,16-17,26H,1,5,15H2,2-3H3. The van der Waals surface area contributed by atoms with E-state index in [9.17, 15) is 9.59 Å². The van der Waals surface area contributed by atoms with Gasteiger partial charge in [-0.3, -0.25) is 14.5 Å². The minimum atomic E-state index is -0.742. The normalized spacial score (nSPS) is 14.6. The zero-order chi connectivity index (χ0) is 25.2. The highest BCUT2D eigenvalue weighted by molar-refractivity contribution is 6.10. The van der Waals surface area contributed by atoms with Gasteiger partial charge in [-0.15, -0.1) is 0 Å². The van der Waals surface area contributed by atoms with Crippen molar-refractivity contribution in [2.24, 2.45) is 0 Å². The van der Waals surface area contributed by atoms with E-state index in [1.54, 1.807) is 78.7 Å². The molecule has 0 bridgehead atoms. The van der Waals surface area contributed by atoms with Crippen molar-refractivity contribution < 1.29 is 23.4 Å². The number of anilines is 1. The van der Waals surface area contributed by atoms with E-state index in [1.807, 2.05) is 13.0 Å². The van der Waals surface area contributed by atoms with Gasteiger partial charge in [0.2, 0.25) is 5.76 Å². The Morgan fingerprint density at radius 1 is 1.00 bits per heavy atom. The van der Waals surface area contributed by atoms with Gasteiger partial charge in [0, 0.05) is 11.8 Å². The summed E-state index contributed by atoms with van der Waals surface area (Å²) in [5.74, 6) is 1.26. The van der Waals surface area contributed by atoms with Crippen LogP contribution >= 0.6 is 0 Å². The molecule has 0 spiro atoms. The molecule has 0 saturated carbocycles. The number of carbonyl (C=O) groups excluding carboxylic acids is 1. The van der Waals surface area contributed by atoms with Crippen LogP contribution in [0.2, 0.25) is 0 Å². The third-order valence-corrected chi connectivity index (χ3v) is 6.05. The molecule has 7 heteroatoms. The summed E-state index contributed by atoms with van der Waals surface area (Å²) in [5, 5.41) is 0.414. The topological polar surface area (TPSA) is 78.2 Å². The molecule has 2 heterocycles. The molecule has 5 rings (SSSR count). The van der Waals surface area contributed by atoms with Crippen LogP contribution in [0, 0.1) is 0 Å². The van der Waals surface area contributed by atoms with Crippen molar-refractivity contribution in [3.05, 3.63) is 106 Å². The molecular weight excluding hydrogens is 458 g/mol. The Morgan fingerprint density at radius 3 is 2.61 bits per heavy atom. The molecule has 36 heavy (non-hydrogen) atoms. The molecule has 7 nitrogen and oxygen atoms in total. The molecule has 1 aromatic heterocycles. The van der Waals surface area contributed by atoms with Gasteiger partial charge in [-0.2, -0.15) is 0 Å².